The van der Waals surface area contributed by atoms with Crippen molar-refractivity contribution >= 4 is 6.09 Å². The zero-order valence-corrected chi connectivity index (χ0v) is 28.7. The van der Waals surface area contributed by atoms with Crippen molar-refractivity contribution < 1.29 is 18.7 Å². The maximum Gasteiger partial charge on any atom is 0.406 e. The zero-order chi connectivity index (χ0) is 32.2. The molecule has 0 heterocycles. The minimum absolute atomic E-state index is 0. The number of hydrogen-bond acceptors (Lipinski definition) is 5. The van der Waals surface area contributed by atoms with Crippen LogP contribution in [0.25, 0.3) is 0 Å². The van der Waals surface area contributed by atoms with Gasteiger partial charge in [0.1, 0.15) is 5.82 Å². The van der Waals surface area contributed by atoms with Crippen molar-refractivity contribution in [3.8, 4) is 0 Å². The number of halogens is 1. The summed E-state index contributed by atoms with van der Waals surface area (Å²) in [4.78, 5) is 11.1. The molecule has 2 rings (SSSR count). The second kappa shape index (κ2) is 29.9. The molecule has 3 N–H and O–H groups in total. The Morgan fingerprint density at radius 3 is 2.19 bits per heavy atom. The Balaban J connectivity index is -0.000000630. The van der Waals surface area contributed by atoms with Crippen LogP contribution >= 0.6 is 0 Å². The van der Waals surface area contributed by atoms with E-state index in [1.165, 1.54) is 51.7 Å². The van der Waals surface area contributed by atoms with Crippen LogP contribution in [-0.2, 0) is 9.47 Å². The fraction of sp³-hybridized carbons (Fsp3) is 0.750. The normalized spacial score (nSPS) is 13.5. The van der Waals surface area contributed by atoms with E-state index in [4.69, 9.17) is 4.74 Å². The summed E-state index contributed by atoms with van der Waals surface area (Å²) >= 11 is 0. The minimum Gasteiger partial charge on any atom is -0.453 e. The molecule has 0 aromatic heterocycles. The van der Waals surface area contributed by atoms with E-state index >= 15 is 0 Å². The van der Waals surface area contributed by atoms with E-state index in [0.717, 1.165) is 56.6 Å². The predicted octanol–water partition coefficient (Wildman–Crippen LogP) is 9.61. The molecule has 1 amide bonds. The molecule has 1 aliphatic rings. The molecule has 1 saturated carbocycles. The minimum atomic E-state index is -0.402. The zero-order valence-electron chi connectivity index (χ0n) is 28.7. The van der Waals surface area contributed by atoms with E-state index in [0.29, 0.717) is 24.0 Å². The van der Waals surface area contributed by atoms with Gasteiger partial charge in [-0.15, -0.1) is 0 Å². The number of carbonyl (C=O) groups excluding carboxylic acids is 1. The van der Waals surface area contributed by atoms with Gasteiger partial charge in [-0.25, -0.2) is 9.18 Å². The Hall–Kier alpha value is -2.12. The standard InChI is InChI=1S/C18H28FNO2.C9H18O.C6H14N2.C2H6.CH4/c1-4-5-8-14(2)17(11-7-12-20-18(21)22-3)15-9-6-10-16(19)13-15;1-3-5-9(6-7-9)10-8-4-2;1-6(2)8-5-4-7-3;1-2;/h6,9-10,13-14,17H,4-5,7-8,11-12H2,1-3H3,(H,20,21);3-8H2,1-2H3;7-8H,1,4-5H2,2-3H3;1-2H3;1H4/t14-,17+;;;;/m0..../s1. The number of nitrogens with one attached hydrogen (secondary N) is 3. The van der Waals surface area contributed by atoms with Gasteiger partial charge in [-0.05, 0) is 82.0 Å². The summed E-state index contributed by atoms with van der Waals surface area (Å²) in [5.41, 5.74) is 2.44. The Morgan fingerprint density at radius 1 is 1.02 bits per heavy atom. The summed E-state index contributed by atoms with van der Waals surface area (Å²) in [7, 11) is 3.29. The summed E-state index contributed by atoms with van der Waals surface area (Å²) in [6, 6.07) is 6.90. The molecular weight excluding hydrogens is 541 g/mol. The maximum absolute atomic E-state index is 13.5. The summed E-state index contributed by atoms with van der Waals surface area (Å²) in [5, 5.41) is 8.81. The first-order valence-electron chi connectivity index (χ1n) is 16.4. The SMILES string of the molecule is C.C=C(C)NCCNC.CC.CCCC[C@H](C)[C@@H](CCCNC(=O)OC)c1cccc(F)c1.CCCOC1(CCC)CC1. The number of methoxy groups -OCH3 is 1. The molecule has 0 bridgehead atoms. The van der Waals surface area contributed by atoms with Crippen LogP contribution in [-0.4, -0.2) is 52.1 Å². The van der Waals surface area contributed by atoms with Gasteiger partial charge >= 0.3 is 6.09 Å². The van der Waals surface area contributed by atoms with Crippen molar-refractivity contribution in [2.24, 2.45) is 5.92 Å². The van der Waals surface area contributed by atoms with E-state index in [9.17, 15) is 9.18 Å². The molecule has 1 aliphatic carbocycles. The second-order valence-electron chi connectivity index (χ2n) is 10.9. The average Bonchev–Trinajstić information content (AvgIpc) is 3.76. The highest BCUT2D eigenvalue weighted by Crippen LogP contribution is 2.43. The van der Waals surface area contributed by atoms with Crippen molar-refractivity contribution in [3.63, 3.8) is 0 Å². The third kappa shape index (κ3) is 25.0. The van der Waals surface area contributed by atoms with Crippen molar-refractivity contribution in [1.29, 1.82) is 0 Å². The van der Waals surface area contributed by atoms with Crippen molar-refractivity contribution in [2.75, 3.05) is 40.4 Å². The van der Waals surface area contributed by atoms with Crippen molar-refractivity contribution in [1.82, 2.24) is 16.0 Å². The van der Waals surface area contributed by atoms with Gasteiger partial charge in [0.25, 0.3) is 0 Å². The van der Waals surface area contributed by atoms with E-state index in [1.54, 1.807) is 12.1 Å². The lowest BCUT2D eigenvalue weighted by Crippen LogP contribution is -2.24. The first kappa shape index (κ1) is 45.3. The lowest BCUT2D eigenvalue weighted by Gasteiger charge is -2.25. The van der Waals surface area contributed by atoms with Crippen LogP contribution in [0.2, 0.25) is 0 Å². The number of ether oxygens (including phenoxy) is 2. The molecule has 1 aromatic carbocycles. The van der Waals surface area contributed by atoms with Gasteiger partial charge in [-0.3, -0.25) is 0 Å². The Bertz CT molecular complexity index is 787. The third-order valence-corrected chi connectivity index (χ3v) is 7.05. The fourth-order valence-electron chi connectivity index (χ4n) is 4.61. The van der Waals surface area contributed by atoms with Crippen LogP contribution in [0.5, 0.6) is 0 Å². The maximum atomic E-state index is 13.5. The monoisotopic (exact) mass is 612 g/mol. The van der Waals surface area contributed by atoms with Gasteiger partial charge in [0, 0.05) is 31.9 Å². The first-order valence-corrected chi connectivity index (χ1v) is 16.4. The van der Waals surface area contributed by atoms with E-state index in [1.807, 2.05) is 33.9 Å². The van der Waals surface area contributed by atoms with Gasteiger partial charge in [-0.2, -0.15) is 0 Å². The molecule has 0 spiro atoms. The molecule has 1 fully saturated rings. The van der Waals surface area contributed by atoms with Crippen LogP contribution in [0.1, 0.15) is 132 Å². The average molecular weight is 612 g/mol. The second-order valence-corrected chi connectivity index (χ2v) is 10.9. The number of rotatable bonds is 18. The summed E-state index contributed by atoms with van der Waals surface area (Å²) in [5.74, 6) is 0.638. The number of amides is 1. The van der Waals surface area contributed by atoms with E-state index < -0.39 is 6.09 Å². The quantitative estimate of drug-likeness (QED) is 0.144. The molecule has 0 saturated heterocycles. The number of alkyl carbamates (subject to hydrolysis) is 1. The molecule has 2 atom stereocenters. The van der Waals surface area contributed by atoms with Crippen LogP contribution in [0, 0.1) is 11.7 Å². The molecule has 6 nitrogen and oxygen atoms in total. The number of benzene rings is 1. The molecule has 0 unspecified atom stereocenters. The first-order chi connectivity index (χ1) is 20.2. The molecule has 0 radical (unpaired) electrons. The van der Waals surface area contributed by atoms with Gasteiger partial charge < -0.3 is 25.4 Å². The highest BCUT2D eigenvalue weighted by atomic mass is 19.1. The molecule has 0 aliphatic heterocycles. The highest BCUT2D eigenvalue weighted by Gasteiger charge is 2.42. The molecular formula is C36H70FN3O3. The number of allylic oxidation sites excluding steroid dienone is 1. The third-order valence-electron chi connectivity index (χ3n) is 7.05. The molecule has 254 valence electrons. The summed E-state index contributed by atoms with van der Waals surface area (Å²) in [6.45, 7) is 22.0. The van der Waals surface area contributed by atoms with E-state index in [2.05, 4.69) is 55.0 Å². The topological polar surface area (TPSA) is 71.6 Å². The van der Waals surface area contributed by atoms with Crippen molar-refractivity contribution in [2.45, 2.75) is 132 Å². The number of carbonyl (C=O) groups is 1. The van der Waals surface area contributed by atoms with Gasteiger partial charge in [-0.1, -0.05) is 93.4 Å². The highest BCUT2D eigenvalue weighted by molar-refractivity contribution is 5.66. The lowest BCUT2D eigenvalue weighted by molar-refractivity contribution is 0.0267. The smallest absolute Gasteiger partial charge is 0.406 e. The number of unbranched alkanes of at least 4 members (excludes halogenated alkanes) is 1. The van der Waals surface area contributed by atoms with Crippen LogP contribution in [0.4, 0.5) is 9.18 Å². The Kier molecular flexibility index (Phi) is 31.5. The molecule has 7 heteroatoms. The Morgan fingerprint density at radius 2 is 1.70 bits per heavy atom. The van der Waals surface area contributed by atoms with Gasteiger partial charge in [0.05, 0.1) is 12.7 Å². The fourth-order valence-corrected chi connectivity index (χ4v) is 4.61. The van der Waals surface area contributed by atoms with Gasteiger partial charge in [0.15, 0.2) is 0 Å². The van der Waals surface area contributed by atoms with Crippen LogP contribution < -0.4 is 16.0 Å². The predicted molar refractivity (Wildman–Crippen MR) is 185 cm³/mol. The largest absolute Gasteiger partial charge is 0.453 e. The van der Waals surface area contributed by atoms with Gasteiger partial charge in [0.2, 0.25) is 0 Å². The molecule has 43 heavy (non-hydrogen) atoms. The summed E-state index contributed by atoms with van der Waals surface area (Å²) < 4.78 is 23.8. The van der Waals surface area contributed by atoms with Crippen LogP contribution in [0.3, 0.4) is 0 Å². The Labute approximate surface area is 266 Å². The van der Waals surface area contributed by atoms with Crippen molar-refractivity contribution in [3.05, 3.63) is 47.9 Å². The van der Waals surface area contributed by atoms with Crippen LogP contribution in [0.15, 0.2) is 36.5 Å². The lowest BCUT2D eigenvalue weighted by atomic mass is 9.81. The number of hydrogen-bond donors (Lipinski definition) is 3. The number of likely N-dealkylation sites (N-methyl/N-ethyl adjacent to an activating group) is 1. The van der Waals surface area contributed by atoms with E-state index in [-0.39, 0.29) is 13.2 Å². The molecule has 1 aromatic rings. The summed E-state index contributed by atoms with van der Waals surface area (Å²) in [6.07, 6.45) is 11.2.